The van der Waals surface area contributed by atoms with Crippen molar-refractivity contribution < 1.29 is 23.8 Å². The molecule has 0 aromatic heterocycles. The van der Waals surface area contributed by atoms with E-state index < -0.39 is 23.5 Å². The minimum absolute atomic E-state index is 0.118. The molecule has 0 unspecified atom stereocenters. The van der Waals surface area contributed by atoms with E-state index in [4.69, 9.17) is 9.84 Å². The van der Waals surface area contributed by atoms with E-state index >= 15 is 0 Å². The first-order valence-electron chi connectivity index (χ1n) is 7.74. The minimum atomic E-state index is -1.19. The van der Waals surface area contributed by atoms with Gasteiger partial charge in [-0.05, 0) is 61.7 Å². The topological polar surface area (TPSA) is 75.6 Å². The molecule has 2 N–H and O–H groups in total. The summed E-state index contributed by atoms with van der Waals surface area (Å²) in [5.41, 5.74) is 1.19. The minimum Gasteiger partial charge on any atom is -0.478 e. The number of carbonyl (C=O) groups excluding carboxylic acids is 1. The normalized spacial score (nSPS) is 11.0. The van der Waals surface area contributed by atoms with Crippen molar-refractivity contribution >= 4 is 12.1 Å². The second-order valence-electron chi connectivity index (χ2n) is 6.59. The number of aromatic carboxylic acids is 1. The highest BCUT2D eigenvalue weighted by Gasteiger charge is 2.15. The lowest BCUT2D eigenvalue weighted by Gasteiger charge is -2.19. The van der Waals surface area contributed by atoms with Crippen LogP contribution in [0.4, 0.5) is 9.18 Å². The number of hydrogen-bond donors (Lipinski definition) is 2. The Morgan fingerprint density at radius 3 is 2.48 bits per heavy atom. The maximum absolute atomic E-state index is 13.6. The zero-order chi connectivity index (χ0) is 18.6. The SMILES string of the molecule is CC(C)(C)OC(=O)NCc1cccc(-c2cc(F)cc(C(=O)O)c2)c1. The second-order valence-corrected chi connectivity index (χ2v) is 6.59. The van der Waals surface area contributed by atoms with Crippen LogP contribution in [0.3, 0.4) is 0 Å². The molecule has 0 saturated heterocycles. The molecule has 2 rings (SSSR count). The van der Waals surface area contributed by atoms with Crippen molar-refractivity contribution in [3.05, 3.63) is 59.4 Å². The molecule has 0 fully saturated rings. The smallest absolute Gasteiger partial charge is 0.407 e. The molecule has 0 aliphatic rings. The van der Waals surface area contributed by atoms with Crippen LogP contribution in [0.2, 0.25) is 0 Å². The van der Waals surface area contributed by atoms with E-state index in [1.807, 2.05) is 0 Å². The highest BCUT2D eigenvalue weighted by Crippen LogP contribution is 2.23. The van der Waals surface area contributed by atoms with Crippen molar-refractivity contribution in [2.45, 2.75) is 32.9 Å². The van der Waals surface area contributed by atoms with Crippen LogP contribution in [0.1, 0.15) is 36.7 Å². The third kappa shape index (κ3) is 5.60. The van der Waals surface area contributed by atoms with Crippen molar-refractivity contribution in [2.24, 2.45) is 0 Å². The number of halogens is 1. The number of rotatable bonds is 4. The van der Waals surface area contributed by atoms with Crippen LogP contribution < -0.4 is 5.32 Å². The zero-order valence-corrected chi connectivity index (χ0v) is 14.3. The first-order valence-corrected chi connectivity index (χ1v) is 7.74. The van der Waals surface area contributed by atoms with Gasteiger partial charge < -0.3 is 15.2 Å². The molecule has 2 aromatic rings. The summed E-state index contributed by atoms with van der Waals surface area (Å²) in [5.74, 6) is -1.81. The van der Waals surface area contributed by atoms with Gasteiger partial charge in [-0.3, -0.25) is 0 Å². The monoisotopic (exact) mass is 345 g/mol. The summed E-state index contributed by atoms with van der Waals surface area (Å²) in [7, 11) is 0. The number of ether oxygens (including phenoxy) is 1. The summed E-state index contributed by atoms with van der Waals surface area (Å²) in [4.78, 5) is 22.8. The summed E-state index contributed by atoms with van der Waals surface area (Å²) < 4.78 is 18.8. The molecule has 0 bridgehead atoms. The standard InChI is InChI=1S/C19H20FNO4/c1-19(2,3)25-18(24)21-11-12-5-4-6-13(7-12)14-8-15(17(22)23)10-16(20)9-14/h4-10H,11H2,1-3H3,(H,21,24)(H,22,23). The van der Waals surface area contributed by atoms with Gasteiger partial charge in [0.2, 0.25) is 0 Å². The third-order valence-electron chi connectivity index (χ3n) is 3.24. The van der Waals surface area contributed by atoms with E-state index in [0.717, 1.165) is 11.6 Å². The summed E-state index contributed by atoms with van der Waals surface area (Å²) in [6, 6.07) is 10.7. The van der Waals surface area contributed by atoms with Gasteiger partial charge in [0.05, 0.1) is 5.56 Å². The van der Waals surface area contributed by atoms with Crippen LogP contribution in [0, 0.1) is 5.82 Å². The number of carboxylic acid groups (broad SMARTS) is 1. The van der Waals surface area contributed by atoms with Crippen LogP contribution in [-0.2, 0) is 11.3 Å². The third-order valence-corrected chi connectivity index (χ3v) is 3.24. The molecular weight excluding hydrogens is 325 g/mol. The van der Waals surface area contributed by atoms with Gasteiger partial charge in [-0.2, -0.15) is 0 Å². The Balaban J connectivity index is 2.17. The lowest BCUT2D eigenvalue weighted by molar-refractivity contribution is 0.0523. The highest BCUT2D eigenvalue weighted by atomic mass is 19.1. The van der Waals surface area contributed by atoms with E-state index in [1.54, 1.807) is 45.0 Å². The largest absolute Gasteiger partial charge is 0.478 e. The number of carbonyl (C=O) groups is 2. The summed E-state index contributed by atoms with van der Waals surface area (Å²) in [5, 5.41) is 11.7. The Morgan fingerprint density at radius 2 is 1.84 bits per heavy atom. The van der Waals surface area contributed by atoms with Crippen molar-refractivity contribution in [1.82, 2.24) is 5.32 Å². The Kier molecular flexibility index (Phi) is 5.41. The molecule has 1 amide bonds. The lowest BCUT2D eigenvalue weighted by Crippen LogP contribution is -2.32. The molecule has 25 heavy (non-hydrogen) atoms. The fourth-order valence-corrected chi connectivity index (χ4v) is 2.23. The second kappa shape index (κ2) is 7.34. The van der Waals surface area contributed by atoms with E-state index in [-0.39, 0.29) is 12.1 Å². The van der Waals surface area contributed by atoms with E-state index in [1.165, 1.54) is 12.1 Å². The van der Waals surface area contributed by atoms with Gasteiger partial charge in [-0.15, -0.1) is 0 Å². The van der Waals surface area contributed by atoms with E-state index in [2.05, 4.69) is 5.32 Å². The van der Waals surface area contributed by atoms with Gasteiger partial charge in [0.1, 0.15) is 11.4 Å². The molecule has 6 heteroatoms. The summed E-state index contributed by atoms with van der Waals surface area (Å²) in [6.07, 6.45) is -0.531. The number of amides is 1. The maximum atomic E-state index is 13.6. The molecule has 0 aliphatic heterocycles. The average Bonchev–Trinajstić information content (AvgIpc) is 2.51. The van der Waals surface area contributed by atoms with Crippen LogP contribution >= 0.6 is 0 Å². The van der Waals surface area contributed by atoms with E-state index in [9.17, 15) is 14.0 Å². The summed E-state index contributed by atoms with van der Waals surface area (Å²) in [6.45, 7) is 5.56. The van der Waals surface area contributed by atoms with Gasteiger partial charge in [0.15, 0.2) is 0 Å². The first-order chi connectivity index (χ1) is 11.6. The molecule has 0 heterocycles. The molecule has 0 saturated carbocycles. The quantitative estimate of drug-likeness (QED) is 0.870. The van der Waals surface area contributed by atoms with Crippen molar-refractivity contribution in [3.8, 4) is 11.1 Å². The molecule has 0 atom stereocenters. The number of hydrogen-bond acceptors (Lipinski definition) is 3. The predicted octanol–water partition coefficient (Wildman–Crippen LogP) is 4.22. The predicted molar refractivity (Wildman–Crippen MR) is 91.9 cm³/mol. The van der Waals surface area contributed by atoms with Gasteiger partial charge >= 0.3 is 12.1 Å². The van der Waals surface area contributed by atoms with Crippen LogP contribution in [0.15, 0.2) is 42.5 Å². The van der Waals surface area contributed by atoms with Crippen LogP contribution in [-0.4, -0.2) is 22.8 Å². The average molecular weight is 345 g/mol. The molecule has 5 nitrogen and oxygen atoms in total. The molecular formula is C19H20FNO4. The molecule has 132 valence electrons. The first kappa shape index (κ1) is 18.4. The van der Waals surface area contributed by atoms with Gasteiger partial charge in [-0.25, -0.2) is 14.0 Å². The Morgan fingerprint density at radius 1 is 1.12 bits per heavy atom. The van der Waals surface area contributed by atoms with E-state index in [0.29, 0.717) is 11.1 Å². The number of benzene rings is 2. The lowest BCUT2D eigenvalue weighted by atomic mass is 10.0. The Hall–Kier alpha value is -2.89. The highest BCUT2D eigenvalue weighted by molar-refractivity contribution is 5.89. The van der Waals surface area contributed by atoms with Gasteiger partial charge in [-0.1, -0.05) is 18.2 Å². The Labute approximate surface area is 145 Å². The summed E-state index contributed by atoms with van der Waals surface area (Å²) >= 11 is 0. The Bertz CT molecular complexity index is 796. The van der Waals surface area contributed by atoms with Gasteiger partial charge in [0, 0.05) is 6.54 Å². The number of carboxylic acids is 1. The fourth-order valence-electron chi connectivity index (χ4n) is 2.23. The van der Waals surface area contributed by atoms with Crippen molar-refractivity contribution in [1.29, 1.82) is 0 Å². The molecule has 0 radical (unpaired) electrons. The molecule has 0 aliphatic carbocycles. The number of alkyl carbamates (subject to hydrolysis) is 1. The zero-order valence-electron chi connectivity index (χ0n) is 14.3. The van der Waals surface area contributed by atoms with Crippen LogP contribution in [0.25, 0.3) is 11.1 Å². The number of nitrogens with one attached hydrogen (secondary N) is 1. The molecule has 0 spiro atoms. The maximum Gasteiger partial charge on any atom is 0.407 e. The van der Waals surface area contributed by atoms with Gasteiger partial charge in [0.25, 0.3) is 0 Å². The van der Waals surface area contributed by atoms with Crippen molar-refractivity contribution in [2.75, 3.05) is 0 Å². The van der Waals surface area contributed by atoms with Crippen LogP contribution in [0.5, 0.6) is 0 Å². The fraction of sp³-hybridized carbons (Fsp3) is 0.263. The molecule has 2 aromatic carbocycles. The van der Waals surface area contributed by atoms with Crippen molar-refractivity contribution in [3.63, 3.8) is 0 Å².